The molecule has 18 heavy (non-hydrogen) atoms. The first-order valence-corrected chi connectivity index (χ1v) is 7.51. The molecule has 0 spiro atoms. The Labute approximate surface area is 114 Å². The summed E-state index contributed by atoms with van der Waals surface area (Å²) in [4.78, 5) is 14.8. The van der Waals surface area contributed by atoms with Crippen LogP contribution in [0.4, 0.5) is 0 Å². The molecule has 2 aromatic heterocycles. The van der Waals surface area contributed by atoms with Gasteiger partial charge in [-0.2, -0.15) is 5.26 Å². The third-order valence-corrected chi connectivity index (χ3v) is 4.82. The van der Waals surface area contributed by atoms with Crippen molar-refractivity contribution in [1.29, 1.82) is 5.26 Å². The van der Waals surface area contributed by atoms with Crippen molar-refractivity contribution in [3.8, 4) is 6.07 Å². The minimum absolute atomic E-state index is 0.0352. The summed E-state index contributed by atoms with van der Waals surface area (Å²) in [5.74, 6) is -0.0945. The zero-order valence-corrected chi connectivity index (χ0v) is 12.0. The number of hydrogen-bond acceptors (Lipinski definition) is 4. The molecule has 0 saturated carbocycles. The second-order valence-corrected chi connectivity index (χ2v) is 6.17. The van der Waals surface area contributed by atoms with Crippen molar-refractivity contribution in [2.45, 2.75) is 13.8 Å². The molecule has 0 aromatic carbocycles. The smallest absolute Gasteiger partial charge is 0.264 e. The van der Waals surface area contributed by atoms with Crippen LogP contribution in [0.25, 0.3) is 9.40 Å². The molecule has 0 N–H and O–H groups in total. The summed E-state index contributed by atoms with van der Waals surface area (Å²) in [7, 11) is 0. The highest BCUT2D eigenvalue weighted by Gasteiger charge is 2.19. The van der Waals surface area contributed by atoms with Gasteiger partial charge in [0.1, 0.15) is 0 Å². The van der Waals surface area contributed by atoms with Crippen LogP contribution in [0.15, 0.2) is 17.5 Å². The molecular weight excluding hydrogens is 264 g/mol. The Morgan fingerprint density at radius 2 is 2.33 bits per heavy atom. The monoisotopic (exact) mass is 278 g/mol. The van der Waals surface area contributed by atoms with Gasteiger partial charge in [0.2, 0.25) is 0 Å². The molecule has 3 nitrogen and oxygen atoms in total. The first kappa shape index (κ1) is 13.1. The third kappa shape index (κ3) is 2.55. The number of thiophene rings is 2. The lowest BCUT2D eigenvalue weighted by molar-refractivity contribution is 0.0757. The van der Waals surface area contributed by atoms with E-state index in [1.165, 1.54) is 11.3 Å². The molecule has 5 heteroatoms. The van der Waals surface area contributed by atoms with E-state index >= 15 is 0 Å². The Balaban J connectivity index is 2.18. The van der Waals surface area contributed by atoms with Crippen molar-refractivity contribution in [3.63, 3.8) is 0 Å². The molecular formula is C13H14N2OS2. The fourth-order valence-electron chi connectivity index (χ4n) is 1.75. The molecule has 0 aliphatic heterocycles. The zero-order valence-electron chi connectivity index (χ0n) is 10.3. The molecule has 2 aromatic rings. The summed E-state index contributed by atoms with van der Waals surface area (Å²) in [5, 5.41) is 10.9. The van der Waals surface area contributed by atoms with E-state index in [9.17, 15) is 4.79 Å². The summed E-state index contributed by atoms with van der Waals surface area (Å²) < 4.78 is 2.32. The molecule has 1 amide bonds. The van der Waals surface area contributed by atoms with Crippen LogP contribution in [0.5, 0.6) is 0 Å². The lowest BCUT2D eigenvalue weighted by Crippen LogP contribution is -2.33. The molecule has 1 atom stereocenters. The largest absolute Gasteiger partial charge is 0.337 e. The van der Waals surface area contributed by atoms with E-state index in [-0.39, 0.29) is 11.8 Å². The maximum atomic E-state index is 12.3. The first-order chi connectivity index (χ1) is 8.65. The van der Waals surface area contributed by atoms with Crippen molar-refractivity contribution in [2.24, 2.45) is 5.92 Å². The average molecular weight is 278 g/mol. The minimum Gasteiger partial charge on any atom is -0.337 e. The highest BCUT2D eigenvalue weighted by atomic mass is 32.1. The predicted molar refractivity (Wildman–Crippen MR) is 76.1 cm³/mol. The summed E-state index contributed by atoms with van der Waals surface area (Å²) in [6.45, 7) is 4.91. The molecule has 0 saturated heterocycles. The Hall–Kier alpha value is -1.38. The van der Waals surface area contributed by atoms with Gasteiger partial charge in [0.15, 0.2) is 0 Å². The van der Waals surface area contributed by atoms with Crippen molar-refractivity contribution >= 4 is 38.0 Å². The Morgan fingerprint density at radius 3 is 2.94 bits per heavy atom. The van der Waals surface area contributed by atoms with Gasteiger partial charge in [0.25, 0.3) is 5.91 Å². The maximum absolute atomic E-state index is 12.3. The lowest BCUT2D eigenvalue weighted by Gasteiger charge is -2.21. The summed E-state index contributed by atoms with van der Waals surface area (Å²) in [6.07, 6.45) is 0. The zero-order chi connectivity index (χ0) is 13.1. The average Bonchev–Trinajstić information content (AvgIpc) is 2.95. The van der Waals surface area contributed by atoms with Crippen LogP contribution in [0.3, 0.4) is 0 Å². The van der Waals surface area contributed by atoms with Crippen molar-refractivity contribution in [3.05, 3.63) is 22.4 Å². The predicted octanol–water partition coefficient (Wildman–Crippen LogP) is 3.58. The number of hydrogen-bond donors (Lipinski definition) is 0. The summed E-state index contributed by atoms with van der Waals surface area (Å²) in [6, 6.07) is 6.16. The summed E-state index contributed by atoms with van der Waals surface area (Å²) in [5.41, 5.74) is 0. The number of fused-ring (bicyclic) bond motifs is 1. The van der Waals surface area contributed by atoms with Gasteiger partial charge >= 0.3 is 0 Å². The minimum atomic E-state index is -0.130. The van der Waals surface area contributed by atoms with Gasteiger partial charge in [0.05, 0.1) is 16.9 Å². The van der Waals surface area contributed by atoms with Crippen LogP contribution in [0, 0.1) is 17.2 Å². The normalized spacial score (nSPS) is 12.3. The number of nitriles is 1. The molecule has 0 aliphatic carbocycles. The Morgan fingerprint density at radius 1 is 1.56 bits per heavy atom. The molecule has 2 rings (SSSR count). The molecule has 2 heterocycles. The second-order valence-electron chi connectivity index (χ2n) is 4.13. The Kier molecular flexibility index (Phi) is 4.00. The van der Waals surface area contributed by atoms with Crippen LogP contribution in [-0.2, 0) is 0 Å². The van der Waals surface area contributed by atoms with Crippen LogP contribution >= 0.6 is 22.7 Å². The fraction of sp³-hybridized carbons (Fsp3) is 0.385. The van der Waals surface area contributed by atoms with Crippen molar-refractivity contribution < 1.29 is 4.79 Å². The van der Waals surface area contributed by atoms with E-state index in [0.29, 0.717) is 13.1 Å². The van der Waals surface area contributed by atoms with Crippen LogP contribution in [-0.4, -0.2) is 23.9 Å². The van der Waals surface area contributed by atoms with Crippen LogP contribution < -0.4 is 0 Å². The standard InChI is InChI=1S/C13H14N2OS2/c1-3-15(8-9(2)7-14)13(16)12-6-11-10(18-12)4-5-17-11/h4-6,9H,3,8H2,1-2H3. The molecule has 0 aliphatic rings. The van der Waals surface area contributed by atoms with Crippen molar-refractivity contribution in [1.82, 2.24) is 4.90 Å². The highest BCUT2D eigenvalue weighted by Crippen LogP contribution is 2.30. The van der Waals surface area contributed by atoms with Gasteiger partial charge in [-0.3, -0.25) is 4.79 Å². The number of carbonyl (C=O) groups excluding carboxylic acids is 1. The van der Waals surface area contributed by atoms with Gasteiger partial charge < -0.3 is 4.90 Å². The SMILES string of the molecule is CCN(CC(C)C#N)C(=O)c1cc2sccc2s1. The van der Waals surface area contributed by atoms with E-state index in [0.717, 1.165) is 14.3 Å². The van der Waals surface area contributed by atoms with E-state index in [2.05, 4.69) is 6.07 Å². The lowest BCUT2D eigenvalue weighted by atomic mass is 10.2. The Bertz CT molecular complexity index is 565. The quantitative estimate of drug-likeness (QED) is 0.858. The number of carbonyl (C=O) groups is 1. The summed E-state index contributed by atoms with van der Waals surface area (Å²) >= 11 is 3.18. The molecule has 1 unspecified atom stereocenters. The number of amides is 1. The van der Waals surface area contributed by atoms with Crippen LogP contribution in [0.2, 0.25) is 0 Å². The van der Waals surface area contributed by atoms with Crippen LogP contribution in [0.1, 0.15) is 23.5 Å². The van der Waals surface area contributed by atoms with Gasteiger partial charge in [0, 0.05) is 22.5 Å². The third-order valence-electron chi connectivity index (χ3n) is 2.73. The number of rotatable bonds is 4. The van der Waals surface area contributed by atoms with Gasteiger partial charge in [-0.15, -0.1) is 22.7 Å². The maximum Gasteiger partial charge on any atom is 0.264 e. The van der Waals surface area contributed by atoms with Gasteiger partial charge in [-0.25, -0.2) is 0 Å². The second kappa shape index (κ2) is 5.51. The first-order valence-electron chi connectivity index (χ1n) is 5.81. The van der Waals surface area contributed by atoms with Gasteiger partial charge in [-0.1, -0.05) is 0 Å². The van der Waals surface area contributed by atoms with Crippen molar-refractivity contribution in [2.75, 3.05) is 13.1 Å². The highest BCUT2D eigenvalue weighted by molar-refractivity contribution is 7.27. The van der Waals surface area contributed by atoms with E-state index in [4.69, 9.17) is 5.26 Å². The topological polar surface area (TPSA) is 44.1 Å². The molecule has 0 radical (unpaired) electrons. The van der Waals surface area contributed by atoms with Gasteiger partial charge in [-0.05, 0) is 31.4 Å². The fourth-order valence-corrected chi connectivity index (χ4v) is 3.83. The van der Waals surface area contributed by atoms with E-state index in [1.54, 1.807) is 16.2 Å². The molecule has 94 valence electrons. The molecule has 0 bridgehead atoms. The van der Waals surface area contributed by atoms with E-state index < -0.39 is 0 Å². The molecule has 0 fully saturated rings. The number of nitrogens with zero attached hydrogens (tertiary/aromatic N) is 2. The van der Waals surface area contributed by atoms with E-state index in [1.807, 2.05) is 31.4 Å².